The first-order chi connectivity index (χ1) is 16.1. The van der Waals surface area contributed by atoms with E-state index in [9.17, 15) is 4.79 Å². The summed E-state index contributed by atoms with van der Waals surface area (Å²) in [5.41, 5.74) is 9.88. The summed E-state index contributed by atoms with van der Waals surface area (Å²) >= 11 is 6.55. The van der Waals surface area contributed by atoms with Gasteiger partial charge in [0.15, 0.2) is 5.65 Å². The molecular formula is C24H25ClN6O2. The molecule has 4 N–H and O–H groups in total. The molecule has 9 heteroatoms. The van der Waals surface area contributed by atoms with Crippen LogP contribution in [0.3, 0.4) is 0 Å². The lowest BCUT2D eigenvalue weighted by Crippen LogP contribution is -2.41. The molecule has 3 aliphatic rings. The van der Waals surface area contributed by atoms with Gasteiger partial charge in [-0.05, 0) is 42.5 Å². The Morgan fingerprint density at radius 2 is 1.94 bits per heavy atom. The van der Waals surface area contributed by atoms with Gasteiger partial charge in [0.05, 0.1) is 36.0 Å². The van der Waals surface area contributed by atoms with Gasteiger partial charge in [-0.25, -0.2) is 9.97 Å². The summed E-state index contributed by atoms with van der Waals surface area (Å²) in [6, 6.07) is 8.22. The number of imidazole rings is 1. The SMILES string of the molecule is NC(=O)[C@@H]1[C@H](Nc2c(Cl)cnc3nc(-c4ccc(N5CCOCC5)cc4)[nH]c23)[C@@H]2C=C[C@@H]1C2. The highest BCUT2D eigenvalue weighted by molar-refractivity contribution is 6.34. The summed E-state index contributed by atoms with van der Waals surface area (Å²) in [6.45, 7) is 3.29. The maximum atomic E-state index is 12.1. The van der Waals surface area contributed by atoms with Crippen molar-refractivity contribution >= 4 is 40.0 Å². The van der Waals surface area contributed by atoms with E-state index in [1.54, 1.807) is 6.20 Å². The van der Waals surface area contributed by atoms with E-state index in [0.717, 1.165) is 49.6 Å². The second kappa shape index (κ2) is 8.04. The lowest BCUT2D eigenvalue weighted by molar-refractivity contribution is -0.122. The van der Waals surface area contributed by atoms with Crippen LogP contribution in [0, 0.1) is 17.8 Å². The molecule has 0 spiro atoms. The fourth-order valence-corrected chi connectivity index (χ4v) is 5.63. The molecule has 1 saturated carbocycles. The number of nitrogens with two attached hydrogens (primary N) is 1. The Labute approximate surface area is 196 Å². The molecule has 4 atom stereocenters. The normalized spacial score (nSPS) is 26.3. The van der Waals surface area contributed by atoms with Crippen molar-refractivity contribution in [2.24, 2.45) is 23.5 Å². The van der Waals surface area contributed by atoms with Gasteiger partial charge in [-0.15, -0.1) is 0 Å². The third-order valence-corrected chi connectivity index (χ3v) is 7.38. The monoisotopic (exact) mass is 464 g/mol. The molecule has 1 saturated heterocycles. The number of allylic oxidation sites excluding steroid dienone is 1. The van der Waals surface area contributed by atoms with E-state index in [-0.39, 0.29) is 29.7 Å². The standard InChI is InChI=1S/C24H25ClN6O2/c25-17-12-27-24-21(20(17)28-19-15-2-1-14(11-15)18(19)22(26)32)29-23(30-24)13-3-5-16(6-4-13)31-7-9-33-10-8-31/h1-6,12,14-15,18-19H,7-11H2,(H2,26,32)(H2,27,28,29,30)/t14-,15-,18+,19-/m1/s1. The Balaban J connectivity index is 1.31. The molecule has 2 aromatic heterocycles. The Bertz CT molecular complexity index is 1230. The van der Waals surface area contributed by atoms with Crippen LogP contribution in [0.2, 0.25) is 5.02 Å². The number of halogens is 1. The number of aromatic amines is 1. The van der Waals surface area contributed by atoms with Crippen molar-refractivity contribution < 1.29 is 9.53 Å². The van der Waals surface area contributed by atoms with Crippen LogP contribution in [0.5, 0.6) is 0 Å². The van der Waals surface area contributed by atoms with Crippen LogP contribution in [0.4, 0.5) is 11.4 Å². The van der Waals surface area contributed by atoms with Crippen molar-refractivity contribution in [3.05, 3.63) is 47.6 Å². The summed E-state index contributed by atoms with van der Waals surface area (Å²) < 4.78 is 5.44. The van der Waals surface area contributed by atoms with Gasteiger partial charge in [0.25, 0.3) is 0 Å². The van der Waals surface area contributed by atoms with Crippen LogP contribution in [-0.2, 0) is 9.53 Å². The fourth-order valence-electron chi connectivity index (χ4n) is 5.44. The first-order valence-corrected chi connectivity index (χ1v) is 11.7. The zero-order valence-electron chi connectivity index (χ0n) is 18.0. The van der Waals surface area contributed by atoms with Crippen LogP contribution in [0.1, 0.15) is 6.42 Å². The van der Waals surface area contributed by atoms with Crippen LogP contribution < -0.4 is 16.0 Å². The predicted molar refractivity (Wildman–Crippen MR) is 128 cm³/mol. The number of amides is 1. The van der Waals surface area contributed by atoms with E-state index in [0.29, 0.717) is 16.4 Å². The number of nitrogens with zero attached hydrogens (tertiary/aromatic N) is 3. The molecule has 1 amide bonds. The number of fused-ring (bicyclic) bond motifs is 3. The number of hydrogen-bond donors (Lipinski definition) is 3. The molecule has 0 unspecified atom stereocenters. The number of aromatic nitrogens is 3. The van der Waals surface area contributed by atoms with Crippen molar-refractivity contribution in [1.29, 1.82) is 0 Å². The highest BCUT2D eigenvalue weighted by atomic mass is 35.5. The van der Waals surface area contributed by atoms with E-state index in [1.807, 2.05) is 0 Å². The number of pyridine rings is 1. The van der Waals surface area contributed by atoms with Gasteiger partial charge in [-0.2, -0.15) is 0 Å². The molecular weight excluding hydrogens is 440 g/mol. The topological polar surface area (TPSA) is 109 Å². The number of primary amides is 1. The number of rotatable bonds is 5. The summed E-state index contributed by atoms with van der Waals surface area (Å²) in [6.07, 6.45) is 6.81. The molecule has 2 fully saturated rings. The van der Waals surface area contributed by atoms with Gasteiger partial charge >= 0.3 is 0 Å². The van der Waals surface area contributed by atoms with Crippen LogP contribution in [-0.4, -0.2) is 53.2 Å². The largest absolute Gasteiger partial charge is 0.378 e. The Morgan fingerprint density at radius 1 is 1.18 bits per heavy atom. The van der Waals surface area contributed by atoms with E-state index in [1.165, 1.54) is 5.69 Å². The number of benzene rings is 1. The van der Waals surface area contributed by atoms with Crippen molar-refractivity contribution in [3.8, 4) is 11.4 Å². The zero-order chi connectivity index (χ0) is 22.5. The minimum atomic E-state index is -0.281. The quantitative estimate of drug-likeness (QED) is 0.500. The van der Waals surface area contributed by atoms with Crippen molar-refractivity contribution in [2.75, 3.05) is 36.5 Å². The Hall–Kier alpha value is -3.10. The molecule has 1 aliphatic heterocycles. The first kappa shape index (κ1) is 20.5. The number of anilines is 2. The van der Waals surface area contributed by atoms with E-state index in [2.05, 4.69) is 56.6 Å². The number of carbonyl (C=O) groups is 1. The Kier molecular flexibility index (Phi) is 4.99. The summed E-state index contributed by atoms with van der Waals surface area (Å²) in [5, 5.41) is 4.00. The lowest BCUT2D eigenvalue weighted by atomic mass is 9.88. The number of nitrogens with one attached hydrogen (secondary N) is 2. The number of hydrogen-bond acceptors (Lipinski definition) is 6. The molecule has 3 heterocycles. The molecule has 0 radical (unpaired) electrons. The molecule has 170 valence electrons. The van der Waals surface area contributed by atoms with E-state index in [4.69, 9.17) is 27.1 Å². The second-order valence-corrected chi connectivity index (χ2v) is 9.37. The van der Waals surface area contributed by atoms with Crippen molar-refractivity contribution in [1.82, 2.24) is 15.0 Å². The third kappa shape index (κ3) is 3.54. The summed E-state index contributed by atoms with van der Waals surface area (Å²) in [4.78, 5) is 27.0. The molecule has 8 nitrogen and oxygen atoms in total. The van der Waals surface area contributed by atoms with E-state index < -0.39 is 0 Å². The molecule has 6 rings (SSSR count). The lowest BCUT2D eigenvalue weighted by Gasteiger charge is -2.28. The van der Waals surface area contributed by atoms with Gasteiger partial charge in [0.2, 0.25) is 5.91 Å². The van der Waals surface area contributed by atoms with Gasteiger partial charge in [0, 0.05) is 30.4 Å². The number of morpholine rings is 1. The summed E-state index contributed by atoms with van der Waals surface area (Å²) in [7, 11) is 0. The van der Waals surface area contributed by atoms with Gasteiger partial charge in [0.1, 0.15) is 11.3 Å². The van der Waals surface area contributed by atoms with Gasteiger partial charge < -0.3 is 25.7 Å². The minimum absolute atomic E-state index is 0.0971. The predicted octanol–water partition coefficient (Wildman–Crippen LogP) is 3.20. The van der Waals surface area contributed by atoms with Crippen molar-refractivity contribution in [2.45, 2.75) is 12.5 Å². The smallest absolute Gasteiger partial charge is 0.223 e. The van der Waals surface area contributed by atoms with Crippen LogP contribution >= 0.6 is 11.6 Å². The maximum absolute atomic E-state index is 12.1. The molecule has 1 aromatic carbocycles. The average molecular weight is 465 g/mol. The highest BCUT2D eigenvalue weighted by Gasteiger charge is 2.47. The summed E-state index contributed by atoms with van der Waals surface area (Å²) in [5.74, 6) is 0.617. The van der Waals surface area contributed by atoms with Crippen LogP contribution in [0.15, 0.2) is 42.6 Å². The second-order valence-electron chi connectivity index (χ2n) is 8.96. The highest BCUT2D eigenvalue weighted by Crippen LogP contribution is 2.46. The van der Waals surface area contributed by atoms with Crippen LogP contribution in [0.25, 0.3) is 22.6 Å². The van der Waals surface area contributed by atoms with E-state index >= 15 is 0 Å². The molecule has 3 aromatic rings. The fraction of sp³-hybridized carbons (Fsp3) is 0.375. The molecule has 2 bridgehead atoms. The molecule has 33 heavy (non-hydrogen) atoms. The number of carbonyl (C=O) groups excluding carboxylic acids is 1. The van der Waals surface area contributed by atoms with Gasteiger partial charge in [-0.1, -0.05) is 23.8 Å². The zero-order valence-corrected chi connectivity index (χ0v) is 18.8. The first-order valence-electron chi connectivity index (χ1n) is 11.3. The maximum Gasteiger partial charge on any atom is 0.223 e. The Morgan fingerprint density at radius 3 is 2.70 bits per heavy atom. The minimum Gasteiger partial charge on any atom is -0.378 e. The number of H-pyrrole nitrogens is 1. The average Bonchev–Trinajstić information content (AvgIpc) is 3.56. The number of ether oxygens (including phenoxy) is 1. The molecule has 2 aliphatic carbocycles. The van der Waals surface area contributed by atoms with Crippen molar-refractivity contribution in [3.63, 3.8) is 0 Å². The van der Waals surface area contributed by atoms with Gasteiger partial charge in [-0.3, -0.25) is 4.79 Å². The third-order valence-electron chi connectivity index (χ3n) is 7.09.